The van der Waals surface area contributed by atoms with Gasteiger partial charge in [-0.05, 0) is 56.1 Å². The number of rotatable bonds is 3. The van der Waals surface area contributed by atoms with E-state index in [1.807, 2.05) is 24.4 Å². The molecule has 1 fully saturated rings. The van der Waals surface area contributed by atoms with Gasteiger partial charge >= 0.3 is 0 Å². The Labute approximate surface area is 137 Å². The number of hydrogen-bond acceptors (Lipinski definition) is 4. The lowest BCUT2D eigenvalue weighted by Crippen LogP contribution is -2.44. The molecule has 0 aliphatic carbocycles. The van der Waals surface area contributed by atoms with Crippen LogP contribution in [0.2, 0.25) is 0 Å². The van der Waals surface area contributed by atoms with Crippen molar-refractivity contribution in [3.8, 4) is 11.5 Å². The van der Waals surface area contributed by atoms with Crippen LogP contribution in [0.3, 0.4) is 0 Å². The number of aromatic nitrogens is 1. The topological polar surface area (TPSA) is 34.6 Å². The highest BCUT2D eigenvalue weighted by Gasteiger charge is 2.27. The fourth-order valence-corrected chi connectivity index (χ4v) is 3.68. The van der Waals surface area contributed by atoms with Gasteiger partial charge in [-0.15, -0.1) is 0 Å². The Bertz CT molecular complexity index is 680. The minimum atomic E-state index is 0.103. The van der Waals surface area contributed by atoms with Crippen molar-refractivity contribution in [1.29, 1.82) is 0 Å². The van der Waals surface area contributed by atoms with E-state index in [4.69, 9.17) is 9.47 Å². The second-order valence-corrected chi connectivity index (χ2v) is 6.67. The number of likely N-dealkylation sites (tertiary alicyclic amines) is 1. The summed E-state index contributed by atoms with van der Waals surface area (Å²) in [5, 5.41) is 1.04. The molecule has 1 atom stereocenters. The van der Waals surface area contributed by atoms with Gasteiger partial charge in [-0.2, -0.15) is 0 Å². The van der Waals surface area contributed by atoms with Crippen LogP contribution in [0.1, 0.15) is 26.2 Å². The van der Waals surface area contributed by atoms with Crippen LogP contribution < -0.4 is 9.47 Å². The maximum absolute atomic E-state index is 6.29. The Balaban J connectivity index is 1.47. The predicted octanol–water partition coefficient (Wildman–Crippen LogP) is 3.50. The van der Waals surface area contributed by atoms with Crippen LogP contribution in [-0.2, 0) is 0 Å². The zero-order valence-corrected chi connectivity index (χ0v) is 13.7. The average Bonchev–Trinajstić information content (AvgIpc) is 2.62. The van der Waals surface area contributed by atoms with E-state index in [9.17, 15) is 0 Å². The Hall–Kier alpha value is -1.81. The zero-order valence-electron chi connectivity index (χ0n) is 13.7. The second-order valence-electron chi connectivity index (χ2n) is 6.67. The Kier molecular flexibility index (Phi) is 4.08. The van der Waals surface area contributed by atoms with Gasteiger partial charge < -0.3 is 9.47 Å². The van der Waals surface area contributed by atoms with Crippen LogP contribution in [0.4, 0.5) is 0 Å². The van der Waals surface area contributed by atoms with Crippen LogP contribution in [0, 0.1) is 5.92 Å². The third-order valence-electron chi connectivity index (χ3n) is 5.16. The highest BCUT2D eigenvalue weighted by atomic mass is 16.6. The summed E-state index contributed by atoms with van der Waals surface area (Å²) in [6.07, 6.45) is 5.85. The summed E-state index contributed by atoms with van der Waals surface area (Å²) in [6, 6.07) is 7.96. The monoisotopic (exact) mass is 312 g/mol. The van der Waals surface area contributed by atoms with E-state index in [1.54, 1.807) is 0 Å². The third-order valence-corrected chi connectivity index (χ3v) is 5.16. The van der Waals surface area contributed by atoms with Crippen LogP contribution in [0.25, 0.3) is 10.9 Å². The third kappa shape index (κ3) is 3.00. The Morgan fingerprint density at radius 3 is 2.91 bits per heavy atom. The lowest BCUT2D eigenvalue weighted by molar-refractivity contribution is 0.0489. The molecular weight excluding hydrogens is 288 g/mol. The van der Waals surface area contributed by atoms with E-state index >= 15 is 0 Å². The van der Waals surface area contributed by atoms with Crippen molar-refractivity contribution in [3.05, 3.63) is 30.5 Å². The molecule has 4 rings (SSSR count). The lowest BCUT2D eigenvalue weighted by Gasteiger charge is -2.35. The Morgan fingerprint density at radius 2 is 2.09 bits per heavy atom. The number of fused-ring (bicyclic) bond motifs is 3. The molecule has 2 aromatic rings. The smallest absolute Gasteiger partial charge is 0.171 e. The standard InChI is InChI=1S/C19H24N2O2/c1-2-14-7-10-21(11-8-14)12-15-13-22-18-6-5-17-16(19(18)23-15)4-3-9-20-17/h3-6,9,14-15H,2,7-8,10-13H2,1H3. The number of benzene rings is 1. The fraction of sp³-hybridized carbons (Fsp3) is 0.526. The highest BCUT2D eigenvalue weighted by Crippen LogP contribution is 2.38. The molecule has 3 heterocycles. The molecule has 0 radical (unpaired) electrons. The highest BCUT2D eigenvalue weighted by molar-refractivity contribution is 5.87. The van der Waals surface area contributed by atoms with Gasteiger partial charge in [0.25, 0.3) is 0 Å². The van der Waals surface area contributed by atoms with Crippen molar-refractivity contribution < 1.29 is 9.47 Å². The van der Waals surface area contributed by atoms with E-state index in [0.29, 0.717) is 6.61 Å². The zero-order chi connectivity index (χ0) is 15.6. The summed E-state index contributed by atoms with van der Waals surface area (Å²) >= 11 is 0. The molecule has 1 aromatic carbocycles. The second kappa shape index (κ2) is 6.36. The predicted molar refractivity (Wildman–Crippen MR) is 91.1 cm³/mol. The van der Waals surface area contributed by atoms with E-state index in [2.05, 4.69) is 22.9 Å². The lowest BCUT2D eigenvalue weighted by atomic mass is 9.94. The van der Waals surface area contributed by atoms with Crippen LogP contribution in [-0.4, -0.2) is 42.2 Å². The quantitative estimate of drug-likeness (QED) is 0.869. The molecule has 1 saturated heterocycles. The molecule has 23 heavy (non-hydrogen) atoms. The Morgan fingerprint density at radius 1 is 1.22 bits per heavy atom. The van der Waals surface area contributed by atoms with Crippen molar-refractivity contribution >= 4 is 10.9 Å². The summed E-state index contributed by atoms with van der Waals surface area (Å²) in [4.78, 5) is 6.92. The summed E-state index contributed by atoms with van der Waals surface area (Å²) in [7, 11) is 0. The van der Waals surface area contributed by atoms with Gasteiger partial charge in [-0.25, -0.2) is 0 Å². The van der Waals surface area contributed by atoms with E-state index in [-0.39, 0.29) is 6.10 Å². The first kappa shape index (κ1) is 14.8. The molecule has 0 spiro atoms. The van der Waals surface area contributed by atoms with Crippen molar-refractivity contribution in [1.82, 2.24) is 9.88 Å². The molecular formula is C19H24N2O2. The van der Waals surface area contributed by atoms with E-state index in [1.165, 1.54) is 32.4 Å². The molecule has 122 valence electrons. The first-order valence-electron chi connectivity index (χ1n) is 8.73. The van der Waals surface area contributed by atoms with Gasteiger partial charge in [0.2, 0.25) is 0 Å². The first-order valence-corrected chi connectivity index (χ1v) is 8.73. The van der Waals surface area contributed by atoms with Gasteiger partial charge in [0.05, 0.1) is 5.52 Å². The van der Waals surface area contributed by atoms with Crippen molar-refractivity contribution in [2.45, 2.75) is 32.3 Å². The van der Waals surface area contributed by atoms with Crippen molar-refractivity contribution in [2.24, 2.45) is 5.92 Å². The van der Waals surface area contributed by atoms with Crippen molar-refractivity contribution in [2.75, 3.05) is 26.2 Å². The van der Waals surface area contributed by atoms with Crippen molar-refractivity contribution in [3.63, 3.8) is 0 Å². The number of hydrogen-bond donors (Lipinski definition) is 0. The number of ether oxygens (including phenoxy) is 2. The number of nitrogens with zero attached hydrogens (tertiary/aromatic N) is 2. The fourth-order valence-electron chi connectivity index (χ4n) is 3.68. The van der Waals surface area contributed by atoms with Crippen LogP contribution in [0.15, 0.2) is 30.5 Å². The van der Waals surface area contributed by atoms with Crippen LogP contribution >= 0.6 is 0 Å². The molecule has 4 heteroatoms. The molecule has 2 aliphatic rings. The summed E-state index contributed by atoms with van der Waals surface area (Å²) in [5.74, 6) is 2.60. The molecule has 0 saturated carbocycles. The van der Waals surface area contributed by atoms with Gasteiger partial charge in [0.15, 0.2) is 11.5 Å². The van der Waals surface area contributed by atoms with Gasteiger partial charge in [0, 0.05) is 18.1 Å². The van der Waals surface area contributed by atoms with Gasteiger partial charge in [-0.3, -0.25) is 9.88 Å². The molecule has 0 amide bonds. The normalized spacial score (nSPS) is 22.4. The number of piperidine rings is 1. The van der Waals surface area contributed by atoms with E-state index < -0.39 is 0 Å². The molecule has 4 nitrogen and oxygen atoms in total. The van der Waals surface area contributed by atoms with Gasteiger partial charge in [0.1, 0.15) is 12.7 Å². The first-order chi connectivity index (χ1) is 11.3. The summed E-state index contributed by atoms with van der Waals surface area (Å²) in [6.45, 7) is 6.25. The summed E-state index contributed by atoms with van der Waals surface area (Å²) in [5.41, 5.74) is 0.958. The maximum atomic E-state index is 6.29. The van der Waals surface area contributed by atoms with Gasteiger partial charge in [-0.1, -0.05) is 13.3 Å². The molecule has 1 aromatic heterocycles. The van der Waals surface area contributed by atoms with E-state index in [0.717, 1.165) is 34.9 Å². The minimum Gasteiger partial charge on any atom is -0.486 e. The van der Waals surface area contributed by atoms with Crippen LogP contribution in [0.5, 0.6) is 11.5 Å². The molecule has 1 unspecified atom stereocenters. The minimum absolute atomic E-state index is 0.103. The maximum Gasteiger partial charge on any atom is 0.171 e. The SMILES string of the molecule is CCC1CCN(CC2COc3ccc4ncccc4c3O2)CC1. The number of pyridine rings is 1. The molecule has 0 bridgehead atoms. The molecule has 0 N–H and O–H groups in total. The largest absolute Gasteiger partial charge is 0.486 e. The summed E-state index contributed by atoms with van der Waals surface area (Å²) < 4.78 is 12.2. The average molecular weight is 312 g/mol. The molecule has 2 aliphatic heterocycles.